The van der Waals surface area contributed by atoms with Gasteiger partial charge in [-0.1, -0.05) is 17.7 Å². The van der Waals surface area contributed by atoms with Crippen molar-refractivity contribution >= 4 is 40.4 Å². The largest absolute Gasteiger partial charge is 0.493 e. The van der Waals surface area contributed by atoms with E-state index in [1.54, 1.807) is 30.5 Å². The third-order valence-corrected chi connectivity index (χ3v) is 7.49. The molecule has 0 aliphatic rings. The second-order valence-corrected chi connectivity index (χ2v) is 10.7. The molecule has 1 aromatic heterocycles. The van der Waals surface area contributed by atoms with Crippen molar-refractivity contribution in [2.24, 2.45) is 0 Å². The molecule has 0 N–H and O–H groups in total. The molecule has 0 saturated carbocycles. The average molecular weight is 590 g/mol. The predicted molar refractivity (Wildman–Crippen MR) is 154 cm³/mol. The summed E-state index contributed by atoms with van der Waals surface area (Å²) < 4.78 is 15.9. The van der Waals surface area contributed by atoms with Crippen LogP contribution in [0, 0.1) is 17.0 Å². The van der Waals surface area contributed by atoms with Crippen LogP contribution in [0.25, 0.3) is 0 Å². The molecule has 214 valence electrons. The summed E-state index contributed by atoms with van der Waals surface area (Å²) >= 11 is 7.52. The first-order valence-corrected chi connectivity index (χ1v) is 13.6. The number of amides is 2. The highest BCUT2D eigenvalue weighted by atomic mass is 35.5. The quantitative estimate of drug-likeness (QED) is 0.192. The summed E-state index contributed by atoms with van der Waals surface area (Å²) in [6.07, 6.45) is 0.547. The van der Waals surface area contributed by atoms with Gasteiger partial charge >= 0.3 is 0 Å². The van der Waals surface area contributed by atoms with Crippen molar-refractivity contribution in [3.8, 4) is 11.5 Å². The van der Waals surface area contributed by atoms with E-state index in [9.17, 15) is 19.7 Å². The number of nitro benzene ring substituents is 1. The van der Waals surface area contributed by atoms with Gasteiger partial charge in [-0.2, -0.15) is 0 Å². The zero-order chi connectivity index (χ0) is 29.2. The molecular weight excluding hydrogens is 558 g/mol. The molecule has 1 heterocycles. The molecule has 10 nitrogen and oxygen atoms in total. The maximum atomic E-state index is 13.7. The van der Waals surface area contributed by atoms with Crippen LogP contribution in [0.15, 0.2) is 48.5 Å². The van der Waals surface area contributed by atoms with Crippen LogP contribution in [0.4, 0.5) is 5.69 Å². The fraction of sp³-hybridized carbons (Fsp3) is 0.357. The van der Waals surface area contributed by atoms with Gasteiger partial charge in [0.25, 0.3) is 11.6 Å². The number of hydrogen-bond donors (Lipinski definition) is 0. The van der Waals surface area contributed by atoms with E-state index in [2.05, 4.69) is 0 Å². The van der Waals surface area contributed by atoms with Crippen molar-refractivity contribution in [2.45, 2.75) is 19.9 Å². The van der Waals surface area contributed by atoms with Crippen molar-refractivity contribution in [2.75, 3.05) is 47.6 Å². The van der Waals surface area contributed by atoms with Gasteiger partial charge in [0.05, 0.1) is 32.3 Å². The molecule has 0 radical (unpaired) electrons. The van der Waals surface area contributed by atoms with Crippen LogP contribution in [-0.2, 0) is 22.5 Å². The molecule has 3 rings (SSSR count). The lowest BCUT2D eigenvalue weighted by Gasteiger charge is -2.27. The highest BCUT2D eigenvalue weighted by Gasteiger charge is 2.25. The summed E-state index contributed by atoms with van der Waals surface area (Å²) in [6, 6.07) is 13.4. The van der Waals surface area contributed by atoms with Crippen molar-refractivity contribution in [3.63, 3.8) is 0 Å². The number of benzene rings is 2. The Morgan fingerprint density at radius 3 is 2.35 bits per heavy atom. The topological polar surface area (TPSA) is 111 Å². The van der Waals surface area contributed by atoms with Gasteiger partial charge in [-0.25, -0.2) is 0 Å². The Morgan fingerprint density at radius 1 is 0.975 bits per heavy atom. The second kappa shape index (κ2) is 14.6. The molecule has 2 aromatic carbocycles. The van der Waals surface area contributed by atoms with Crippen LogP contribution in [0.1, 0.15) is 25.7 Å². The van der Waals surface area contributed by atoms with Gasteiger partial charge in [-0.05, 0) is 55.3 Å². The third kappa shape index (κ3) is 8.17. The fourth-order valence-corrected chi connectivity index (χ4v) is 5.13. The number of carbonyl (C=O) groups is 2. The van der Waals surface area contributed by atoms with Crippen molar-refractivity contribution in [1.82, 2.24) is 9.80 Å². The smallest absolute Gasteiger partial charge is 0.288 e. The third-order valence-electron chi connectivity index (χ3n) is 6.18. The highest BCUT2D eigenvalue weighted by molar-refractivity contribution is 7.11. The minimum Gasteiger partial charge on any atom is -0.493 e. The van der Waals surface area contributed by atoms with E-state index in [1.165, 1.54) is 24.1 Å². The number of hydrogen-bond acceptors (Lipinski definition) is 8. The standard InChI is InChI=1S/C28H32ClN3O7S/c1-19-5-8-22(40-19)17-30(12-11-20-6-10-25(38-3)26(15-20)39-4)27(33)18-31(13-14-37-2)28(34)21-7-9-23(29)24(16-21)32(35)36/h5-10,15-16H,11-14,17-18H2,1-4H3. The van der Waals surface area contributed by atoms with Gasteiger partial charge in [0.2, 0.25) is 5.91 Å². The summed E-state index contributed by atoms with van der Waals surface area (Å²) in [4.78, 5) is 42.9. The van der Waals surface area contributed by atoms with Crippen LogP contribution in [0.2, 0.25) is 5.02 Å². The molecule has 3 aromatic rings. The van der Waals surface area contributed by atoms with E-state index in [0.29, 0.717) is 31.0 Å². The molecule has 0 aliphatic carbocycles. The number of carbonyl (C=O) groups excluding carboxylic acids is 2. The van der Waals surface area contributed by atoms with E-state index in [1.807, 2.05) is 37.3 Å². The van der Waals surface area contributed by atoms with Crippen molar-refractivity contribution in [3.05, 3.63) is 84.5 Å². The van der Waals surface area contributed by atoms with E-state index in [4.69, 9.17) is 25.8 Å². The van der Waals surface area contributed by atoms with E-state index < -0.39 is 10.8 Å². The summed E-state index contributed by atoms with van der Waals surface area (Å²) in [5.74, 6) is 0.416. The number of aryl methyl sites for hydroxylation is 1. The maximum absolute atomic E-state index is 13.7. The molecule has 0 atom stereocenters. The number of nitrogens with zero attached hydrogens (tertiary/aromatic N) is 3. The lowest BCUT2D eigenvalue weighted by molar-refractivity contribution is -0.384. The molecule has 0 aliphatic heterocycles. The summed E-state index contributed by atoms with van der Waals surface area (Å²) in [7, 11) is 4.63. The molecule has 2 amide bonds. The van der Waals surface area contributed by atoms with Crippen LogP contribution in [0.3, 0.4) is 0 Å². The number of rotatable bonds is 14. The number of nitro groups is 1. The van der Waals surface area contributed by atoms with Crippen LogP contribution in [-0.4, -0.2) is 74.1 Å². The summed E-state index contributed by atoms with van der Waals surface area (Å²) in [5, 5.41) is 11.3. The molecule has 12 heteroatoms. The van der Waals surface area contributed by atoms with Gasteiger partial charge in [0, 0.05) is 41.6 Å². The first kappa shape index (κ1) is 30.9. The number of halogens is 1. The number of thiophene rings is 1. The van der Waals surface area contributed by atoms with Crippen LogP contribution in [0.5, 0.6) is 11.5 Å². The van der Waals surface area contributed by atoms with Gasteiger partial charge in [0.15, 0.2) is 11.5 Å². The molecular formula is C28H32ClN3O7S. The Balaban J connectivity index is 1.83. The molecule has 0 bridgehead atoms. The van der Waals surface area contributed by atoms with E-state index in [-0.39, 0.29) is 41.9 Å². The van der Waals surface area contributed by atoms with Gasteiger partial charge < -0.3 is 24.0 Å². The Morgan fingerprint density at radius 2 is 1.73 bits per heavy atom. The Labute approximate surface area is 242 Å². The lowest BCUT2D eigenvalue weighted by Crippen LogP contribution is -2.44. The molecule has 0 unspecified atom stereocenters. The zero-order valence-corrected chi connectivity index (χ0v) is 24.4. The highest BCUT2D eigenvalue weighted by Crippen LogP contribution is 2.28. The van der Waals surface area contributed by atoms with Gasteiger partial charge in [0.1, 0.15) is 11.6 Å². The second-order valence-electron chi connectivity index (χ2n) is 8.91. The first-order chi connectivity index (χ1) is 19.2. The summed E-state index contributed by atoms with van der Waals surface area (Å²) in [6.45, 7) is 2.85. The number of methoxy groups -OCH3 is 3. The summed E-state index contributed by atoms with van der Waals surface area (Å²) in [5.41, 5.74) is 0.638. The van der Waals surface area contributed by atoms with Crippen molar-refractivity contribution < 1.29 is 28.7 Å². The van der Waals surface area contributed by atoms with Gasteiger partial charge in [-0.3, -0.25) is 19.7 Å². The van der Waals surface area contributed by atoms with Crippen molar-refractivity contribution in [1.29, 1.82) is 0 Å². The Bertz CT molecular complexity index is 1350. The zero-order valence-electron chi connectivity index (χ0n) is 22.8. The molecule has 0 saturated heterocycles. The van der Waals surface area contributed by atoms with Gasteiger partial charge in [-0.15, -0.1) is 11.3 Å². The Hall–Kier alpha value is -3.67. The Kier molecular flexibility index (Phi) is 11.3. The average Bonchev–Trinajstić information content (AvgIpc) is 3.36. The lowest BCUT2D eigenvalue weighted by atomic mass is 10.1. The predicted octanol–water partition coefficient (Wildman–Crippen LogP) is 5.00. The first-order valence-electron chi connectivity index (χ1n) is 12.4. The normalized spacial score (nSPS) is 10.7. The van der Waals surface area contributed by atoms with Crippen LogP contribution < -0.4 is 9.47 Å². The minimum atomic E-state index is -0.650. The fourth-order valence-electron chi connectivity index (χ4n) is 4.04. The van der Waals surface area contributed by atoms with E-state index >= 15 is 0 Å². The molecule has 0 spiro atoms. The molecule has 40 heavy (non-hydrogen) atoms. The monoisotopic (exact) mass is 589 g/mol. The van der Waals surface area contributed by atoms with Crippen LogP contribution >= 0.6 is 22.9 Å². The SMILES string of the molecule is COCCN(CC(=O)N(CCc1ccc(OC)c(OC)c1)Cc1ccc(C)s1)C(=O)c1ccc(Cl)c([N+](=O)[O-])c1. The minimum absolute atomic E-state index is 0.0609. The number of ether oxygens (including phenoxy) is 3. The molecule has 0 fully saturated rings. The van der Waals surface area contributed by atoms with E-state index in [0.717, 1.165) is 21.4 Å². The maximum Gasteiger partial charge on any atom is 0.288 e.